The Morgan fingerprint density at radius 2 is 0.938 bits per heavy atom. The van der Waals surface area contributed by atoms with Crippen LogP contribution in [0.1, 0.15) is 10.4 Å². The van der Waals surface area contributed by atoms with Crippen molar-refractivity contribution in [1.29, 1.82) is 0 Å². The third kappa shape index (κ3) is 5.74. The largest absolute Gasteiger partial charge is 0.872 e. The van der Waals surface area contributed by atoms with Gasteiger partial charge in [0.15, 0.2) is 14.7 Å². The van der Waals surface area contributed by atoms with E-state index in [0.29, 0.717) is 0 Å². The zero-order valence-corrected chi connectivity index (χ0v) is 17.6. The van der Waals surface area contributed by atoms with Crippen LogP contribution in [-0.4, -0.2) is 26.4 Å². The number of aromatic hydroxyl groups is 3. The van der Waals surface area contributed by atoms with Gasteiger partial charge < -0.3 is 25.5 Å². The Kier molecular flexibility index (Phi) is 7.25. The van der Waals surface area contributed by atoms with Crippen molar-refractivity contribution in [3.63, 3.8) is 0 Å². The molecule has 0 fully saturated rings. The van der Waals surface area contributed by atoms with E-state index < -0.39 is 11.7 Å². The summed E-state index contributed by atoms with van der Waals surface area (Å²) in [5.74, 6) is -0.947. The van der Waals surface area contributed by atoms with Gasteiger partial charge in [-0.1, -0.05) is 23.9 Å². The molecule has 0 amide bonds. The van der Waals surface area contributed by atoms with Gasteiger partial charge in [0.05, 0.1) is 16.5 Å². The van der Waals surface area contributed by atoms with Gasteiger partial charge in [-0.2, -0.15) is 0 Å². The Morgan fingerprint density at radius 1 is 0.594 bits per heavy atom. The fraction of sp³-hybridized carbons (Fsp3) is 0. The van der Waals surface area contributed by atoms with Crippen LogP contribution in [0.25, 0.3) is 0 Å². The summed E-state index contributed by atoms with van der Waals surface area (Å²) in [6, 6.07) is 26.8. The van der Waals surface area contributed by atoms with Crippen LogP contribution in [0.2, 0.25) is 0 Å². The molecular formula is C25H20O6S. The topological polar surface area (TPSA) is 121 Å². The minimum absolute atomic E-state index is 0.178. The lowest BCUT2D eigenvalue weighted by Gasteiger charge is -2.08. The molecule has 7 heteroatoms. The minimum atomic E-state index is -1.18. The summed E-state index contributed by atoms with van der Waals surface area (Å²) < 4.78 is 0. The van der Waals surface area contributed by atoms with Crippen molar-refractivity contribution in [3.05, 3.63) is 103 Å². The van der Waals surface area contributed by atoms with Crippen LogP contribution in [0, 0.1) is 0 Å². The smallest absolute Gasteiger partial charge is 0.335 e. The molecule has 4 rings (SSSR count). The normalized spacial score (nSPS) is 10.3. The SMILES string of the molecule is O=C(O)c1ccccc1[O-].Oc1ccc([S+](c2ccc(O)cc2)c2ccc(O)cc2)cc1. The number of benzene rings is 4. The number of carbonyl (C=O) groups is 1. The van der Waals surface area contributed by atoms with E-state index in [2.05, 4.69) is 0 Å². The van der Waals surface area contributed by atoms with E-state index in [9.17, 15) is 25.2 Å². The highest BCUT2D eigenvalue weighted by Gasteiger charge is 2.28. The van der Waals surface area contributed by atoms with Crippen LogP contribution in [0.4, 0.5) is 0 Å². The summed E-state index contributed by atoms with van der Waals surface area (Å²) in [6.07, 6.45) is 0. The van der Waals surface area contributed by atoms with Crippen LogP contribution in [0.15, 0.2) is 112 Å². The number of hydrogen-bond donors (Lipinski definition) is 4. The van der Waals surface area contributed by atoms with Crippen molar-refractivity contribution < 1.29 is 30.3 Å². The fourth-order valence-corrected chi connectivity index (χ4v) is 4.84. The second-order valence-electron chi connectivity index (χ2n) is 6.59. The molecule has 0 aromatic heterocycles. The molecule has 4 N–H and O–H groups in total. The summed E-state index contributed by atoms with van der Waals surface area (Å²) in [7, 11) is -0.373. The molecule has 4 aromatic carbocycles. The second kappa shape index (κ2) is 10.3. The van der Waals surface area contributed by atoms with Crippen molar-refractivity contribution in [2.45, 2.75) is 14.7 Å². The lowest BCUT2D eigenvalue weighted by molar-refractivity contribution is -0.268. The van der Waals surface area contributed by atoms with E-state index in [1.165, 1.54) is 24.3 Å². The Morgan fingerprint density at radius 3 is 1.22 bits per heavy atom. The van der Waals surface area contributed by atoms with Gasteiger partial charge in [-0.05, 0) is 78.9 Å². The lowest BCUT2D eigenvalue weighted by atomic mass is 10.2. The van der Waals surface area contributed by atoms with Gasteiger partial charge in [-0.3, -0.25) is 0 Å². The first-order valence-corrected chi connectivity index (χ1v) is 10.7. The third-order valence-electron chi connectivity index (χ3n) is 4.33. The molecule has 162 valence electrons. The van der Waals surface area contributed by atoms with E-state index >= 15 is 0 Å². The van der Waals surface area contributed by atoms with E-state index in [1.807, 2.05) is 36.4 Å². The summed E-state index contributed by atoms with van der Waals surface area (Å²) in [5.41, 5.74) is -0.178. The molecule has 0 saturated carbocycles. The summed E-state index contributed by atoms with van der Waals surface area (Å²) in [5, 5.41) is 47.5. The van der Waals surface area contributed by atoms with Crippen LogP contribution in [0.3, 0.4) is 0 Å². The molecule has 6 nitrogen and oxygen atoms in total. The van der Waals surface area contributed by atoms with E-state index in [1.54, 1.807) is 36.4 Å². The molecule has 0 saturated heterocycles. The van der Waals surface area contributed by atoms with Gasteiger partial charge >= 0.3 is 5.97 Å². The Balaban J connectivity index is 0.000000243. The Hall–Kier alpha value is -4.10. The number of carboxylic acid groups (broad SMARTS) is 1. The average Bonchev–Trinajstić information content (AvgIpc) is 2.78. The summed E-state index contributed by atoms with van der Waals surface area (Å²) in [4.78, 5) is 13.4. The van der Waals surface area contributed by atoms with Gasteiger partial charge in [0.2, 0.25) is 0 Å². The first-order valence-electron chi connectivity index (χ1n) is 9.46. The molecule has 0 aliphatic rings. The maximum atomic E-state index is 10.7. The van der Waals surface area contributed by atoms with Crippen molar-refractivity contribution in [2.24, 2.45) is 0 Å². The molecular weight excluding hydrogens is 428 g/mol. The summed E-state index contributed by atoms with van der Waals surface area (Å²) >= 11 is 0. The molecule has 0 heterocycles. The number of phenolic OH excluding ortho intramolecular Hbond substituents is 3. The van der Waals surface area contributed by atoms with Crippen molar-refractivity contribution >= 4 is 16.9 Å². The molecule has 0 radical (unpaired) electrons. The van der Waals surface area contributed by atoms with Gasteiger partial charge in [0.1, 0.15) is 17.2 Å². The Labute approximate surface area is 187 Å². The average molecular weight is 448 g/mol. The third-order valence-corrected chi connectivity index (χ3v) is 6.57. The standard InChI is InChI=1S/C18H14O3S.C7H6O3/c19-13-1-7-16(8-2-13)22(17-9-3-14(20)4-10-17)18-11-5-15(21)6-12-18;8-6-4-2-1-3-5(6)7(9)10/h1-12H,(H2-,19,20,21);1-4,8H,(H,9,10). The molecule has 0 aliphatic heterocycles. The monoisotopic (exact) mass is 448 g/mol. The van der Waals surface area contributed by atoms with Crippen molar-refractivity contribution in [3.8, 4) is 23.0 Å². The molecule has 0 unspecified atom stereocenters. The highest BCUT2D eigenvalue weighted by atomic mass is 32.2. The van der Waals surface area contributed by atoms with Crippen molar-refractivity contribution in [2.75, 3.05) is 0 Å². The molecule has 4 aromatic rings. The molecule has 0 bridgehead atoms. The number of phenols is 3. The number of rotatable bonds is 4. The minimum Gasteiger partial charge on any atom is -0.872 e. The number of para-hydroxylation sites is 1. The first-order chi connectivity index (χ1) is 15.3. The van der Waals surface area contributed by atoms with E-state index in [0.717, 1.165) is 14.7 Å². The van der Waals surface area contributed by atoms with Crippen LogP contribution in [0.5, 0.6) is 23.0 Å². The maximum Gasteiger partial charge on any atom is 0.335 e. The lowest BCUT2D eigenvalue weighted by Crippen LogP contribution is -2.04. The molecule has 0 aliphatic carbocycles. The van der Waals surface area contributed by atoms with E-state index in [4.69, 9.17) is 5.11 Å². The molecule has 0 spiro atoms. The van der Waals surface area contributed by atoms with Gasteiger partial charge in [0.25, 0.3) is 0 Å². The number of aromatic carboxylic acids is 1. The highest BCUT2D eigenvalue weighted by molar-refractivity contribution is 7.97. The van der Waals surface area contributed by atoms with Gasteiger partial charge in [-0.25, -0.2) is 4.79 Å². The highest BCUT2D eigenvalue weighted by Crippen LogP contribution is 2.33. The zero-order valence-electron chi connectivity index (χ0n) is 16.8. The predicted molar refractivity (Wildman–Crippen MR) is 119 cm³/mol. The summed E-state index contributed by atoms with van der Waals surface area (Å²) in [6.45, 7) is 0. The zero-order chi connectivity index (χ0) is 23.1. The maximum absolute atomic E-state index is 10.7. The van der Waals surface area contributed by atoms with Gasteiger partial charge in [-0.15, -0.1) is 0 Å². The molecule has 0 atom stereocenters. The van der Waals surface area contributed by atoms with E-state index in [-0.39, 0.29) is 33.7 Å². The second-order valence-corrected chi connectivity index (χ2v) is 8.62. The Bertz CT molecular complexity index is 1060. The fourth-order valence-electron chi connectivity index (χ4n) is 2.80. The van der Waals surface area contributed by atoms with Crippen molar-refractivity contribution in [1.82, 2.24) is 0 Å². The first kappa shape index (κ1) is 22.6. The van der Waals surface area contributed by atoms with Crippen LogP contribution < -0.4 is 5.11 Å². The quantitative estimate of drug-likeness (QED) is 0.344. The van der Waals surface area contributed by atoms with Crippen LogP contribution >= 0.6 is 0 Å². The predicted octanol–water partition coefficient (Wildman–Crippen LogP) is 4.36. The van der Waals surface area contributed by atoms with Gasteiger partial charge in [0, 0.05) is 0 Å². The number of carboxylic acids is 1. The molecule has 32 heavy (non-hydrogen) atoms. The number of hydrogen-bond acceptors (Lipinski definition) is 5. The van der Waals surface area contributed by atoms with Crippen LogP contribution in [-0.2, 0) is 10.9 Å².